The van der Waals surface area contributed by atoms with Gasteiger partial charge in [-0.25, -0.2) is 0 Å². The molecule has 0 aromatic rings. The van der Waals surface area contributed by atoms with Crippen molar-refractivity contribution in [2.45, 2.75) is 166 Å². The minimum Gasteiger partial charge on any atom is -0.393 e. The lowest BCUT2D eigenvalue weighted by Gasteiger charge is -2.22. The van der Waals surface area contributed by atoms with Crippen molar-refractivity contribution < 1.29 is 10.2 Å². The smallest absolute Gasteiger partial charge is 0.0720 e. The summed E-state index contributed by atoms with van der Waals surface area (Å²) in [6, 6.07) is 0. The van der Waals surface area contributed by atoms with E-state index in [1.165, 1.54) is 141 Å². The molecule has 2 rings (SSSR count). The Labute approximate surface area is 213 Å². The predicted molar refractivity (Wildman–Crippen MR) is 150 cm³/mol. The van der Waals surface area contributed by atoms with E-state index in [9.17, 15) is 10.2 Å². The molecule has 0 aromatic carbocycles. The molecule has 0 aliphatic heterocycles. The third-order valence-electron chi connectivity index (χ3n) is 8.17. The maximum atomic E-state index is 10.1. The first-order chi connectivity index (χ1) is 16.7. The average molecular weight is 477 g/mol. The van der Waals surface area contributed by atoms with Crippen LogP contribution in [0.15, 0.2) is 25.3 Å². The summed E-state index contributed by atoms with van der Waals surface area (Å²) in [6.45, 7) is 7.42. The highest BCUT2D eigenvalue weighted by atomic mass is 16.3. The fourth-order valence-corrected chi connectivity index (χ4v) is 5.86. The minimum atomic E-state index is -0.284. The first kappa shape index (κ1) is 31.4. The fraction of sp³-hybridized carbons (Fsp3) is 0.875. The van der Waals surface area contributed by atoms with Crippen molar-refractivity contribution in [1.82, 2.24) is 0 Å². The molecule has 2 fully saturated rings. The lowest BCUT2D eigenvalue weighted by molar-refractivity contribution is 0.0961. The molecule has 0 spiro atoms. The van der Waals surface area contributed by atoms with E-state index in [0.29, 0.717) is 5.92 Å². The van der Waals surface area contributed by atoms with Crippen molar-refractivity contribution in [1.29, 1.82) is 0 Å². The number of aliphatic hydroxyl groups is 2. The van der Waals surface area contributed by atoms with E-state index in [0.717, 1.165) is 18.8 Å². The molecule has 2 nitrogen and oxygen atoms in total. The summed E-state index contributed by atoms with van der Waals surface area (Å²) in [5, 5.41) is 19.8. The monoisotopic (exact) mass is 476 g/mol. The zero-order chi connectivity index (χ0) is 24.7. The van der Waals surface area contributed by atoms with Crippen LogP contribution in [0.4, 0.5) is 0 Å². The average Bonchev–Trinajstić information content (AvgIpc) is 2.81. The highest BCUT2D eigenvalue weighted by Gasteiger charge is 2.17. The molecular formula is C32H60O2. The van der Waals surface area contributed by atoms with Crippen LogP contribution < -0.4 is 0 Å². The second-order valence-corrected chi connectivity index (χ2v) is 11.3. The van der Waals surface area contributed by atoms with Crippen LogP contribution in [-0.2, 0) is 0 Å². The summed E-state index contributed by atoms with van der Waals surface area (Å²) in [7, 11) is 0. The van der Waals surface area contributed by atoms with E-state index in [4.69, 9.17) is 0 Å². The molecule has 2 saturated carbocycles. The lowest BCUT2D eigenvalue weighted by Crippen LogP contribution is -2.20. The Morgan fingerprint density at radius 3 is 1.26 bits per heavy atom. The van der Waals surface area contributed by atoms with Gasteiger partial charge in [0.25, 0.3) is 0 Å². The van der Waals surface area contributed by atoms with Crippen molar-refractivity contribution in [3.63, 3.8) is 0 Å². The number of hydrogen-bond acceptors (Lipinski definition) is 2. The molecule has 2 atom stereocenters. The van der Waals surface area contributed by atoms with E-state index >= 15 is 0 Å². The maximum absolute atomic E-state index is 10.1. The molecular weight excluding hydrogens is 416 g/mol. The second-order valence-electron chi connectivity index (χ2n) is 11.3. The molecule has 0 saturated heterocycles. The Morgan fingerprint density at radius 2 is 0.912 bits per heavy atom. The SMILES string of the molecule is C=CC(O)CC1CCCCCCCCCCC1.C=CCC(O)C1CCCCCCCCCCC1. The second kappa shape index (κ2) is 22.8. The van der Waals surface area contributed by atoms with Crippen molar-refractivity contribution >= 4 is 0 Å². The molecule has 0 bridgehead atoms. The van der Waals surface area contributed by atoms with Gasteiger partial charge >= 0.3 is 0 Å². The van der Waals surface area contributed by atoms with E-state index < -0.39 is 0 Å². The molecule has 200 valence electrons. The summed E-state index contributed by atoms with van der Waals surface area (Å²) >= 11 is 0. The maximum Gasteiger partial charge on any atom is 0.0720 e. The molecule has 34 heavy (non-hydrogen) atoms. The van der Waals surface area contributed by atoms with Gasteiger partial charge in [-0.05, 0) is 37.5 Å². The Kier molecular flexibility index (Phi) is 21.1. The van der Waals surface area contributed by atoms with E-state index in [2.05, 4.69) is 13.2 Å². The minimum absolute atomic E-state index is 0.143. The zero-order valence-electron chi connectivity index (χ0n) is 22.7. The summed E-state index contributed by atoms with van der Waals surface area (Å²) < 4.78 is 0. The van der Waals surface area contributed by atoms with Crippen LogP contribution in [0.25, 0.3) is 0 Å². The summed E-state index contributed by atoms with van der Waals surface area (Å²) in [4.78, 5) is 0. The lowest BCUT2D eigenvalue weighted by atomic mass is 9.87. The van der Waals surface area contributed by atoms with Crippen LogP contribution >= 0.6 is 0 Å². The van der Waals surface area contributed by atoms with Gasteiger partial charge in [-0.3, -0.25) is 0 Å². The van der Waals surface area contributed by atoms with Gasteiger partial charge in [-0.15, -0.1) is 13.2 Å². The first-order valence-electron chi connectivity index (χ1n) is 15.3. The van der Waals surface area contributed by atoms with Gasteiger partial charge < -0.3 is 10.2 Å². The first-order valence-corrected chi connectivity index (χ1v) is 15.3. The Balaban J connectivity index is 0.000000340. The molecule has 0 heterocycles. The van der Waals surface area contributed by atoms with Crippen LogP contribution in [0.2, 0.25) is 0 Å². The van der Waals surface area contributed by atoms with Gasteiger partial charge in [-0.1, -0.05) is 141 Å². The highest BCUT2D eigenvalue weighted by Crippen LogP contribution is 2.26. The molecule has 2 N–H and O–H groups in total. The third-order valence-corrected chi connectivity index (χ3v) is 8.17. The van der Waals surface area contributed by atoms with E-state index in [-0.39, 0.29) is 12.2 Å². The summed E-state index contributed by atoms with van der Waals surface area (Å²) in [5.41, 5.74) is 0. The van der Waals surface area contributed by atoms with E-state index in [1.807, 2.05) is 6.08 Å². The van der Waals surface area contributed by atoms with Crippen molar-refractivity contribution in [2.24, 2.45) is 11.8 Å². The molecule has 0 aromatic heterocycles. The van der Waals surface area contributed by atoms with Gasteiger partial charge in [0.15, 0.2) is 0 Å². The van der Waals surface area contributed by atoms with Crippen LogP contribution in [0, 0.1) is 11.8 Å². The molecule has 2 heteroatoms. The molecule has 0 radical (unpaired) electrons. The van der Waals surface area contributed by atoms with Gasteiger partial charge in [0, 0.05) is 0 Å². The van der Waals surface area contributed by atoms with Gasteiger partial charge in [0.1, 0.15) is 0 Å². The van der Waals surface area contributed by atoms with Crippen LogP contribution in [0.5, 0.6) is 0 Å². The van der Waals surface area contributed by atoms with Gasteiger partial charge in [0.2, 0.25) is 0 Å². The third kappa shape index (κ3) is 17.8. The fourth-order valence-electron chi connectivity index (χ4n) is 5.86. The molecule has 2 unspecified atom stereocenters. The summed E-state index contributed by atoms with van der Waals surface area (Å²) in [5.74, 6) is 1.25. The standard InChI is InChI=1S/2C16H30O/c1-2-16(17)14-15-12-10-8-6-4-3-5-7-9-11-13-15;1-2-12-16(17)15-13-10-8-6-4-3-5-7-9-11-14-15/h2*2,15-17H,1,3-14H2. The predicted octanol–water partition coefficient (Wildman–Crippen LogP) is 9.69. The molecule has 0 amide bonds. The zero-order valence-corrected chi connectivity index (χ0v) is 22.7. The summed E-state index contributed by atoms with van der Waals surface area (Å²) in [6.07, 6.45) is 34.9. The molecule has 2 aliphatic carbocycles. The Hall–Kier alpha value is -0.600. The number of hydrogen-bond donors (Lipinski definition) is 2. The number of aliphatic hydroxyl groups excluding tert-OH is 2. The quantitative estimate of drug-likeness (QED) is 0.374. The van der Waals surface area contributed by atoms with Gasteiger partial charge in [-0.2, -0.15) is 0 Å². The topological polar surface area (TPSA) is 40.5 Å². The highest BCUT2D eigenvalue weighted by molar-refractivity contribution is 4.81. The Bertz CT molecular complexity index is 436. The van der Waals surface area contributed by atoms with Crippen LogP contribution in [0.3, 0.4) is 0 Å². The van der Waals surface area contributed by atoms with Crippen LogP contribution in [0.1, 0.15) is 154 Å². The Morgan fingerprint density at radius 1 is 0.559 bits per heavy atom. The molecule has 2 aliphatic rings. The van der Waals surface area contributed by atoms with E-state index in [1.54, 1.807) is 6.08 Å². The number of rotatable bonds is 6. The van der Waals surface area contributed by atoms with Crippen molar-refractivity contribution in [3.8, 4) is 0 Å². The normalized spacial score (nSPS) is 23.4. The van der Waals surface area contributed by atoms with Crippen molar-refractivity contribution in [2.75, 3.05) is 0 Å². The van der Waals surface area contributed by atoms with Crippen LogP contribution in [-0.4, -0.2) is 22.4 Å². The van der Waals surface area contributed by atoms with Crippen molar-refractivity contribution in [3.05, 3.63) is 25.3 Å². The van der Waals surface area contributed by atoms with Gasteiger partial charge in [0.05, 0.1) is 12.2 Å². The largest absolute Gasteiger partial charge is 0.393 e.